The maximum atomic E-state index is 11.8. The van der Waals surface area contributed by atoms with E-state index in [0.29, 0.717) is 23.5 Å². The fraction of sp³-hybridized carbons (Fsp3) is 0.455. The van der Waals surface area contributed by atoms with Crippen molar-refractivity contribution in [3.8, 4) is 0 Å². The van der Waals surface area contributed by atoms with Crippen LogP contribution in [0.25, 0.3) is 0 Å². The standard InChI is InChI=1S/C11H12BrNO3S/c1-6-3-8(10(17-6)11(15)16-2)13-5-7(12)4-9(13)14/h3,7H,4-5H2,1-2H3. The summed E-state index contributed by atoms with van der Waals surface area (Å²) in [7, 11) is 1.35. The minimum Gasteiger partial charge on any atom is -0.465 e. The van der Waals surface area contributed by atoms with E-state index in [-0.39, 0.29) is 16.7 Å². The van der Waals surface area contributed by atoms with Gasteiger partial charge < -0.3 is 9.64 Å². The highest BCUT2D eigenvalue weighted by Gasteiger charge is 2.32. The fourth-order valence-corrected chi connectivity index (χ4v) is 3.34. The van der Waals surface area contributed by atoms with Gasteiger partial charge in [0.2, 0.25) is 5.91 Å². The van der Waals surface area contributed by atoms with Crippen LogP contribution in [0, 0.1) is 6.92 Å². The first-order chi connectivity index (χ1) is 8.02. The van der Waals surface area contributed by atoms with Crippen LogP contribution in [0.1, 0.15) is 21.0 Å². The molecule has 1 aliphatic heterocycles. The molecule has 1 amide bonds. The van der Waals surface area contributed by atoms with Gasteiger partial charge in [0.05, 0.1) is 12.8 Å². The number of carbonyl (C=O) groups excluding carboxylic acids is 2. The van der Waals surface area contributed by atoms with Gasteiger partial charge in [-0.1, -0.05) is 15.9 Å². The average molecular weight is 318 g/mol. The molecule has 0 aliphatic carbocycles. The first-order valence-corrected chi connectivity index (χ1v) is 6.89. The minimum absolute atomic E-state index is 0.0369. The topological polar surface area (TPSA) is 46.6 Å². The Labute approximate surface area is 112 Å². The number of thiophene rings is 1. The van der Waals surface area contributed by atoms with Gasteiger partial charge in [0.1, 0.15) is 4.88 Å². The van der Waals surface area contributed by atoms with Gasteiger partial charge in [-0.15, -0.1) is 11.3 Å². The molecule has 92 valence electrons. The molecular formula is C11H12BrNO3S. The quantitative estimate of drug-likeness (QED) is 0.621. The summed E-state index contributed by atoms with van der Waals surface area (Å²) in [4.78, 5) is 26.7. The zero-order valence-corrected chi connectivity index (χ0v) is 11.9. The van der Waals surface area contributed by atoms with Gasteiger partial charge >= 0.3 is 5.97 Å². The molecule has 6 heteroatoms. The van der Waals surface area contributed by atoms with Crippen molar-refractivity contribution in [3.05, 3.63) is 15.8 Å². The second-order valence-corrected chi connectivity index (χ2v) is 6.42. The molecule has 0 bridgehead atoms. The van der Waals surface area contributed by atoms with Gasteiger partial charge in [-0.2, -0.15) is 0 Å². The van der Waals surface area contributed by atoms with Crippen molar-refractivity contribution in [1.29, 1.82) is 0 Å². The van der Waals surface area contributed by atoms with Crippen LogP contribution in [0.4, 0.5) is 5.69 Å². The minimum atomic E-state index is -0.385. The highest BCUT2D eigenvalue weighted by atomic mass is 79.9. The summed E-state index contributed by atoms with van der Waals surface area (Å²) in [5, 5.41) is 0. The molecule has 4 nitrogen and oxygen atoms in total. The second kappa shape index (κ2) is 4.78. The van der Waals surface area contributed by atoms with Crippen molar-refractivity contribution in [3.63, 3.8) is 0 Å². The largest absolute Gasteiger partial charge is 0.465 e. The fourth-order valence-electron chi connectivity index (χ4n) is 1.84. The van der Waals surface area contributed by atoms with E-state index in [9.17, 15) is 9.59 Å². The van der Waals surface area contributed by atoms with E-state index in [0.717, 1.165) is 4.88 Å². The molecule has 1 unspecified atom stereocenters. The molecule has 1 aromatic rings. The Morgan fingerprint density at radius 1 is 1.65 bits per heavy atom. The number of halogens is 1. The Morgan fingerprint density at radius 2 is 2.35 bits per heavy atom. The zero-order valence-electron chi connectivity index (χ0n) is 9.53. The Morgan fingerprint density at radius 3 is 2.88 bits per heavy atom. The van der Waals surface area contributed by atoms with Crippen molar-refractivity contribution < 1.29 is 14.3 Å². The number of ether oxygens (including phenoxy) is 1. The van der Waals surface area contributed by atoms with Crippen molar-refractivity contribution in [2.75, 3.05) is 18.6 Å². The predicted molar refractivity (Wildman–Crippen MR) is 70.1 cm³/mol. The molecule has 0 saturated carbocycles. The van der Waals surface area contributed by atoms with Gasteiger partial charge in [0.15, 0.2) is 0 Å². The summed E-state index contributed by atoms with van der Waals surface area (Å²) in [5.74, 6) is -0.348. The lowest BCUT2D eigenvalue weighted by Gasteiger charge is -2.15. The van der Waals surface area contributed by atoms with E-state index in [1.807, 2.05) is 13.0 Å². The third-order valence-corrected chi connectivity index (χ3v) is 4.21. The molecule has 17 heavy (non-hydrogen) atoms. The molecule has 2 heterocycles. The number of rotatable bonds is 2. The van der Waals surface area contributed by atoms with E-state index >= 15 is 0 Å². The molecule has 0 aromatic carbocycles. The predicted octanol–water partition coefficient (Wildman–Crippen LogP) is 2.34. The van der Waals surface area contributed by atoms with Gasteiger partial charge in [0.25, 0.3) is 0 Å². The molecule has 2 rings (SSSR count). The molecule has 1 aliphatic rings. The number of hydrogen-bond donors (Lipinski definition) is 0. The SMILES string of the molecule is COC(=O)c1sc(C)cc1N1CC(Br)CC1=O. The van der Waals surface area contributed by atoms with Crippen LogP contribution in [-0.4, -0.2) is 30.4 Å². The van der Waals surface area contributed by atoms with Crippen molar-refractivity contribution in [1.82, 2.24) is 0 Å². The second-order valence-electron chi connectivity index (χ2n) is 3.87. The molecule has 0 spiro atoms. The maximum absolute atomic E-state index is 11.8. The van der Waals surface area contributed by atoms with Crippen LogP contribution >= 0.6 is 27.3 Å². The van der Waals surface area contributed by atoms with Crippen molar-refractivity contribution in [2.45, 2.75) is 18.2 Å². The number of nitrogens with zero attached hydrogens (tertiary/aromatic N) is 1. The summed E-state index contributed by atoms with van der Waals surface area (Å²) < 4.78 is 4.73. The average Bonchev–Trinajstić information content (AvgIpc) is 2.80. The lowest BCUT2D eigenvalue weighted by Crippen LogP contribution is -2.25. The highest BCUT2D eigenvalue weighted by molar-refractivity contribution is 9.09. The summed E-state index contributed by atoms with van der Waals surface area (Å²) in [6, 6.07) is 1.86. The molecule has 1 aromatic heterocycles. The summed E-state index contributed by atoms with van der Waals surface area (Å²) in [6.07, 6.45) is 0.468. The Balaban J connectivity index is 2.38. The number of esters is 1. The Kier molecular flexibility index (Phi) is 3.53. The molecular weight excluding hydrogens is 306 g/mol. The first kappa shape index (κ1) is 12.6. The number of aryl methyl sites for hydroxylation is 1. The van der Waals surface area contributed by atoms with Crippen LogP contribution in [-0.2, 0) is 9.53 Å². The third kappa shape index (κ3) is 2.37. The third-order valence-electron chi connectivity index (χ3n) is 2.58. The summed E-state index contributed by atoms with van der Waals surface area (Å²) in [6.45, 7) is 2.51. The number of carbonyl (C=O) groups is 2. The molecule has 1 fully saturated rings. The van der Waals surface area contributed by atoms with E-state index in [4.69, 9.17) is 4.74 Å². The first-order valence-electron chi connectivity index (χ1n) is 5.16. The number of methoxy groups -OCH3 is 1. The van der Waals surface area contributed by atoms with Gasteiger partial charge in [0, 0.05) is 22.7 Å². The summed E-state index contributed by atoms with van der Waals surface area (Å²) in [5.41, 5.74) is 0.673. The Hall–Kier alpha value is -0.880. The van der Waals surface area contributed by atoms with E-state index in [2.05, 4.69) is 15.9 Å². The summed E-state index contributed by atoms with van der Waals surface area (Å²) >= 11 is 4.78. The lowest BCUT2D eigenvalue weighted by atomic mass is 10.3. The van der Waals surface area contributed by atoms with Crippen LogP contribution in [0.3, 0.4) is 0 Å². The van der Waals surface area contributed by atoms with E-state index in [1.54, 1.807) is 4.90 Å². The lowest BCUT2D eigenvalue weighted by molar-refractivity contribution is -0.117. The van der Waals surface area contributed by atoms with Crippen molar-refractivity contribution >= 4 is 44.8 Å². The van der Waals surface area contributed by atoms with Gasteiger partial charge in [-0.25, -0.2) is 4.79 Å². The Bertz CT molecular complexity index is 471. The zero-order chi connectivity index (χ0) is 12.6. The molecule has 1 saturated heterocycles. The number of hydrogen-bond acceptors (Lipinski definition) is 4. The maximum Gasteiger partial charge on any atom is 0.350 e. The smallest absolute Gasteiger partial charge is 0.350 e. The normalized spacial score (nSPS) is 19.8. The van der Waals surface area contributed by atoms with Crippen LogP contribution in [0.2, 0.25) is 0 Å². The van der Waals surface area contributed by atoms with Crippen molar-refractivity contribution in [2.24, 2.45) is 0 Å². The van der Waals surface area contributed by atoms with Gasteiger partial charge in [-0.05, 0) is 13.0 Å². The highest BCUT2D eigenvalue weighted by Crippen LogP contribution is 2.34. The number of amides is 1. The van der Waals surface area contributed by atoms with E-state index < -0.39 is 0 Å². The number of alkyl halides is 1. The van der Waals surface area contributed by atoms with Crippen LogP contribution < -0.4 is 4.90 Å². The molecule has 1 atom stereocenters. The molecule has 0 radical (unpaired) electrons. The molecule has 0 N–H and O–H groups in total. The number of anilines is 1. The van der Waals surface area contributed by atoms with Crippen LogP contribution in [0.15, 0.2) is 6.07 Å². The van der Waals surface area contributed by atoms with Crippen LogP contribution in [0.5, 0.6) is 0 Å². The van der Waals surface area contributed by atoms with E-state index in [1.165, 1.54) is 18.4 Å². The monoisotopic (exact) mass is 317 g/mol. The van der Waals surface area contributed by atoms with Gasteiger partial charge in [-0.3, -0.25) is 4.79 Å².